The predicted octanol–water partition coefficient (Wildman–Crippen LogP) is 3.80. The van der Waals surface area contributed by atoms with Gasteiger partial charge in [0.05, 0.1) is 25.1 Å². The molecule has 0 aromatic heterocycles. The Morgan fingerprint density at radius 1 is 1.21 bits per heavy atom. The molecular formula is C20H25BrN2O4S. The van der Waals surface area contributed by atoms with E-state index in [0.29, 0.717) is 12.1 Å². The molecule has 0 aliphatic carbocycles. The van der Waals surface area contributed by atoms with Gasteiger partial charge in [-0.3, -0.25) is 9.10 Å². The summed E-state index contributed by atoms with van der Waals surface area (Å²) in [4.78, 5) is 12.6. The maximum atomic E-state index is 12.6. The third kappa shape index (κ3) is 5.72. The van der Waals surface area contributed by atoms with Gasteiger partial charge in [0.15, 0.2) is 0 Å². The first-order valence-corrected chi connectivity index (χ1v) is 11.5. The molecule has 1 N–H and O–H groups in total. The number of ether oxygens (including phenoxy) is 1. The summed E-state index contributed by atoms with van der Waals surface area (Å²) in [5, 5.41) is 2.92. The molecule has 0 saturated heterocycles. The summed E-state index contributed by atoms with van der Waals surface area (Å²) in [7, 11) is -2.02. The summed E-state index contributed by atoms with van der Waals surface area (Å²) >= 11 is 3.40. The number of benzene rings is 2. The Balaban J connectivity index is 2.19. The lowest BCUT2D eigenvalue weighted by molar-refractivity contribution is -0.120. The molecule has 0 unspecified atom stereocenters. The van der Waals surface area contributed by atoms with E-state index < -0.39 is 10.0 Å². The molecule has 0 aliphatic rings. The molecule has 0 heterocycles. The number of halogens is 1. The van der Waals surface area contributed by atoms with Crippen LogP contribution in [0.5, 0.6) is 5.75 Å². The van der Waals surface area contributed by atoms with Crippen molar-refractivity contribution in [3.05, 3.63) is 58.1 Å². The van der Waals surface area contributed by atoms with Gasteiger partial charge in [-0.2, -0.15) is 0 Å². The molecule has 2 aromatic carbocycles. The van der Waals surface area contributed by atoms with Crippen molar-refractivity contribution in [3.8, 4) is 5.75 Å². The van der Waals surface area contributed by atoms with Gasteiger partial charge in [-0.1, -0.05) is 35.0 Å². The van der Waals surface area contributed by atoms with E-state index in [9.17, 15) is 13.2 Å². The van der Waals surface area contributed by atoms with Crippen LogP contribution in [-0.2, 0) is 14.8 Å². The number of nitrogens with one attached hydrogen (secondary N) is 1. The summed E-state index contributed by atoms with van der Waals surface area (Å²) < 4.78 is 31.7. The highest BCUT2D eigenvalue weighted by Crippen LogP contribution is 2.25. The van der Waals surface area contributed by atoms with Crippen molar-refractivity contribution in [2.24, 2.45) is 0 Å². The summed E-state index contributed by atoms with van der Waals surface area (Å²) in [6.07, 6.45) is 1.77. The van der Waals surface area contributed by atoms with Gasteiger partial charge in [0.25, 0.3) is 0 Å². The third-order valence-electron chi connectivity index (χ3n) is 4.38. The van der Waals surface area contributed by atoms with E-state index in [4.69, 9.17) is 4.74 Å². The van der Waals surface area contributed by atoms with Crippen LogP contribution in [0.3, 0.4) is 0 Å². The Hall–Kier alpha value is -2.06. The van der Waals surface area contributed by atoms with Crippen LogP contribution < -0.4 is 14.4 Å². The molecule has 6 nitrogen and oxygen atoms in total. The van der Waals surface area contributed by atoms with Crippen LogP contribution in [0.1, 0.15) is 30.5 Å². The minimum atomic E-state index is -3.62. The lowest BCUT2D eigenvalue weighted by Crippen LogP contribution is -2.41. The number of carbonyl (C=O) groups excluding carboxylic acids is 1. The van der Waals surface area contributed by atoms with Gasteiger partial charge in [0.1, 0.15) is 12.3 Å². The smallest absolute Gasteiger partial charge is 0.241 e. The zero-order chi connectivity index (χ0) is 20.9. The molecule has 2 aromatic rings. The molecule has 8 heteroatoms. The van der Waals surface area contributed by atoms with Crippen molar-refractivity contribution in [1.29, 1.82) is 0 Å². The summed E-state index contributed by atoms with van der Waals surface area (Å²) in [5.41, 5.74) is 2.27. The second-order valence-electron chi connectivity index (χ2n) is 6.50. The highest BCUT2D eigenvalue weighted by Gasteiger charge is 2.23. The monoisotopic (exact) mass is 468 g/mol. The SMILES string of the molecule is CC[C@H](NC(=O)CN(c1ccc(Br)c(C)c1)S(C)(=O)=O)c1ccc(OC)cc1. The molecule has 2 rings (SSSR count). The number of aryl methyl sites for hydroxylation is 1. The maximum absolute atomic E-state index is 12.6. The average molecular weight is 469 g/mol. The fourth-order valence-corrected chi connectivity index (χ4v) is 3.91. The molecule has 0 bridgehead atoms. The molecule has 0 saturated carbocycles. The molecule has 0 spiro atoms. The van der Waals surface area contributed by atoms with Crippen molar-refractivity contribution in [1.82, 2.24) is 5.32 Å². The molecule has 28 heavy (non-hydrogen) atoms. The number of sulfonamides is 1. The Labute approximate surface area is 175 Å². The second kappa shape index (κ2) is 9.43. The van der Waals surface area contributed by atoms with E-state index in [0.717, 1.165) is 31.9 Å². The quantitative estimate of drug-likeness (QED) is 0.638. The van der Waals surface area contributed by atoms with Crippen LogP contribution in [0, 0.1) is 6.92 Å². The first kappa shape index (κ1) is 22.2. The molecule has 0 aliphatic heterocycles. The van der Waals surface area contributed by atoms with Gasteiger partial charge in [-0.05, 0) is 54.8 Å². The van der Waals surface area contributed by atoms with Crippen LogP contribution >= 0.6 is 15.9 Å². The molecule has 1 amide bonds. The van der Waals surface area contributed by atoms with E-state index >= 15 is 0 Å². The Bertz CT molecular complexity index is 930. The highest BCUT2D eigenvalue weighted by molar-refractivity contribution is 9.10. The first-order chi connectivity index (χ1) is 13.2. The molecule has 0 fully saturated rings. The Morgan fingerprint density at radius 3 is 2.36 bits per heavy atom. The van der Waals surface area contributed by atoms with E-state index in [1.54, 1.807) is 25.3 Å². The topological polar surface area (TPSA) is 75.7 Å². The van der Waals surface area contributed by atoms with Crippen LogP contribution in [0.2, 0.25) is 0 Å². The van der Waals surface area contributed by atoms with Gasteiger partial charge < -0.3 is 10.1 Å². The predicted molar refractivity (Wildman–Crippen MR) is 115 cm³/mol. The highest BCUT2D eigenvalue weighted by atomic mass is 79.9. The summed E-state index contributed by atoms with van der Waals surface area (Å²) in [6.45, 7) is 3.54. The summed E-state index contributed by atoms with van der Waals surface area (Å²) in [6, 6.07) is 12.4. The van der Waals surface area contributed by atoms with Crippen molar-refractivity contribution < 1.29 is 17.9 Å². The largest absolute Gasteiger partial charge is 0.497 e. The number of carbonyl (C=O) groups is 1. The molecular weight excluding hydrogens is 444 g/mol. The number of amides is 1. The van der Waals surface area contributed by atoms with Crippen molar-refractivity contribution >= 4 is 37.5 Å². The average Bonchev–Trinajstić information content (AvgIpc) is 2.65. The van der Waals surface area contributed by atoms with Gasteiger partial charge in [0.2, 0.25) is 15.9 Å². The van der Waals surface area contributed by atoms with Crippen LogP contribution in [0.25, 0.3) is 0 Å². The minimum Gasteiger partial charge on any atom is -0.497 e. The molecule has 152 valence electrons. The van der Waals surface area contributed by atoms with E-state index in [1.165, 1.54) is 0 Å². The number of hydrogen-bond acceptors (Lipinski definition) is 4. The lowest BCUT2D eigenvalue weighted by atomic mass is 10.0. The standard InChI is InChI=1S/C20H25BrN2O4S/c1-5-19(15-6-9-17(27-3)10-7-15)22-20(24)13-23(28(4,25)26)16-8-11-18(21)14(2)12-16/h6-12,19H,5,13H2,1-4H3,(H,22,24)/t19-/m0/s1. The van der Waals surface area contributed by atoms with Crippen molar-refractivity contribution in [2.75, 3.05) is 24.2 Å². The van der Waals surface area contributed by atoms with Gasteiger partial charge in [-0.15, -0.1) is 0 Å². The maximum Gasteiger partial charge on any atom is 0.241 e. The Kier molecular flexibility index (Phi) is 7.48. The summed E-state index contributed by atoms with van der Waals surface area (Å²) in [5.74, 6) is 0.368. The number of methoxy groups -OCH3 is 1. The third-order valence-corrected chi connectivity index (χ3v) is 6.41. The van der Waals surface area contributed by atoms with Crippen LogP contribution in [0.4, 0.5) is 5.69 Å². The number of nitrogens with zero attached hydrogens (tertiary/aromatic N) is 1. The zero-order valence-electron chi connectivity index (χ0n) is 16.4. The Morgan fingerprint density at radius 2 is 1.86 bits per heavy atom. The van der Waals surface area contributed by atoms with Gasteiger partial charge in [0, 0.05) is 4.47 Å². The second-order valence-corrected chi connectivity index (χ2v) is 9.27. The normalized spacial score (nSPS) is 12.3. The minimum absolute atomic E-state index is 0.216. The van der Waals surface area contributed by atoms with E-state index in [1.807, 2.05) is 38.1 Å². The van der Waals surface area contributed by atoms with Crippen molar-refractivity contribution in [3.63, 3.8) is 0 Å². The first-order valence-electron chi connectivity index (χ1n) is 8.83. The number of anilines is 1. The number of rotatable bonds is 8. The van der Waals surface area contributed by atoms with Gasteiger partial charge in [-0.25, -0.2) is 8.42 Å². The van der Waals surface area contributed by atoms with Gasteiger partial charge >= 0.3 is 0 Å². The zero-order valence-corrected chi connectivity index (χ0v) is 18.8. The number of hydrogen-bond donors (Lipinski definition) is 1. The van der Waals surface area contributed by atoms with E-state index in [2.05, 4.69) is 21.2 Å². The molecule has 1 atom stereocenters. The van der Waals surface area contributed by atoms with Crippen LogP contribution in [-0.4, -0.2) is 34.2 Å². The van der Waals surface area contributed by atoms with Crippen molar-refractivity contribution in [2.45, 2.75) is 26.3 Å². The fraction of sp³-hybridized carbons (Fsp3) is 0.350. The van der Waals surface area contributed by atoms with Crippen LogP contribution in [0.15, 0.2) is 46.9 Å². The fourth-order valence-electron chi connectivity index (χ4n) is 2.81. The molecule has 0 radical (unpaired) electrons. The van der Waals surface area contributed by atoms with E-state index in [-0.39, 0.29) is 18.5 Å². The lowest BCUT2D eigenvalue weighted by Gasteiger charge is -2.24.